The molecule has 0 aliphatic heterocycles. The Labute approximate surface area is 190 Å². The summed E-state index contributed by atoms with van der Waals surface area (Å²) in [6, 6.07) is 11.8. The lowest BCUT2D eigenvalue weighted by molar-refractivity contribution is 0.100. The lowest BCUT2D eigenvalue weighted by Gasteiger charge is -2.09. The summed E-state index contributed by atoms with van der Waals surface area (Å²) >= 11 is 1.21. The Bertz CT molecular complexity index is 1080. The lowest BCUT2D eigenvalue weighted by atomic mass is 10.0. The Morgan fingerprint density at radius 1 is 1.19 bits per heavy atom. The van der Waals surface area contributed by atoms with Crippen molar-refractivity contribution in [3.05, 3.63) is 65.1 Å². The normalized spacial score (nSPS) is 13.0. The predicted octanol–water partition coefficient (Wildman–Crippen LogP) is 3.19. The summed E-state index contributed by atoms with van der Waals surface area (Å²) < 4.78 is 14.7. The molecule has 0 spiro atoms. The largest absolute Gasteiger partial charge is 0.393 e. The monoisotopic (exact) mass is 458 g/mol. The molecule has 2 heterocycles. The number of nitrogens with one attached hydrogen (secondary N) is 2. The van der Waals surface area contributed by atoms with Gasteiger partial charge in [0, 0.05) is 23.5 Å². The number of carbonyl (C=O) groups is 1. The third-order valence-corrected chi connectivity index (χ3v) is 5.71. The molecule has 0 bridgehead atoms. The summed E-state index contributed by atoms with van der Waals surface area (Å²) in [6.07, 6.45) is -0.667. The van der Waals surface area contributed by atoms with Crippen molar-refractivity contribution in [2.24, 2.45) is 5.73 Å². The van der Waals surface area contributed by atoms with E-state index >= 15 is 0 Å². The van der Waals surface area contributed by atoms with E-state index in [1.54, 1.807) is 38.1 Å². The third-order valence-electron chi connectivity index (χ3n) is 4.62. The van der Waals surface area contributed by atoms with Crippen molar-refractivity contribution in [3.63, 3.8) is 0 Å². The molecule has 9 heteroatoms. The van der Waals surface area contributed by atoms with Crippen molar-refractivity contribution < 1.29 is 19.4 Å². The molecule has 2 aromatic heterocycles. The summed E-state index contributed by atoms with van der Waals surface area (Å²) in [4.78, 5) is 17.1. The number of nitrogens with zero attached hydrogens (tertiary/aromatic N) is 1. The molecule has 1 unspecified atom stereocenters. The molecule has 32 heavy (non-hydrogen) atoms. The van der Waals surface area contributed by atoms with Crippen LogP contribution in [0.1, 0.15) is 35.5 Å². The molecule has 3 rings (SSSR count). The van der Waals surface area contributed by atoms with Gasteiger partial charge < -0.3 is 26.6 Å². The number of aliphatic hydroxyl groups is 2. The highest BCUT2D eigenvalue weighted by Crippen LogP contribution is 2.38. The average Bonchev–Trinajstić information content (AvgIpc) is 3.11. The maximum Gasteiger partial charge on any atom is 0.251 e. The molecule has 0 aliphatic rings. The van der Waals surface area contributed by atoms with Crippen LogP contribution in [0, 0.1) is 5.82 Å². The van der Waals surface area contributed by atoms with Crippen molar-refractivity contribution in [2.75, 3.05) is 11.9 Å². The van der Waals surface area contributed by atoms with E-state index in [2.05, 4.69) is 15.6 Å². The molecule has 6 N–H and O–H groups in total. The zero-order chi connectivity index (χ0) is 23.3. The van der Waals surface area contributed by atoms with E-state index in [1.807, 2.05) is 12.1 Å². The number of hydrogen-bond acceptors (Lipinski definition) is 7. The first-order valence-corrected chi connectivity index (χ1v) is 11.1. The van der Waals surface area contributed by atoms with Crippen LogP contribution in [0.2, 0.25) is 0 Å². The van der Waals surface area contributed by atoms with Gasteiger partial charge in [0.1, 0.15) is 16.6 Å². The van der Waals surface area contributed by atoms with E-state index in [0.717, 1.165) is 5.69 Å². The number of aliphatic hydroxyl groups excluding tert-OH is 2. The Morgan fingerprint density at radius 3 is 2.62 bits per heavy atom. The molecular formula is C23H27FN4O3S. The van der Waals surface area contributed by atoms with Crippen LogP contribution in [-0.2, 0) is 13.0 Å². The van der Waals surface area contributed by atoms with Crippen LogP contribution in [0.4, 0.5) is 15.2 Å². The molecule has 0 aliphatic carbocycles. The topological polar surface area (TPSA) is 120 Å². The van der Waals surface area contributed by atoms with Crippen LogP contribution in [0.25, 0.3) is 10.4 Å². The van der Waals surface area contributed by atoms with Gasteiger partial charge in [-0.1, -0.05) is 18.2 Å². The number of benzene rings is 1. The molecule has 1 amide bonds. The first-order chi connectivity index (χ1) is 15.2. The zero-order valence-corrected chi connectivity index (χ0v) is 18.7. The minimum absolute atomic E-state index is 0.247. The average molecular weight is 459 g/mol. The number of halogens is 1. The van der Waals surface area contributed by atoms with Gasteiger partial charge in [-0.15, -0.1) is 11.3 Å². The number of thiophene rings is 1. The fourth-order valence-corrected chi connectivity index (χ4v) is 4.30. The van der Waals surface area contributed by atoms with Crippen LogP contribution < -0.4 is 16.4 Å². The summed E-state index contributed by atoms with van der Waals surface area (Å²) in [6.45, 7) is 4.26. The number of hydrogen-bond donors (Lipinski definition) is 5. The van der Waals surface area contributed by atoms with Crippen LogP contribution in [-0.4, -0.2) is 39.9 Å². The van der Waals surface area contributed by atoms with Gasteiger partial charge in [0.2, 0.25) is 0 Å². The van der Waals surface area contributed by atoms with Gasteiger partial charge in [-0.3, -0.25) is 4.79 Å². The van der Waals surface area contributed by atoms with Gasteiger partial charge in [-0.2, -0.15) is 0 Å². The van der Waals surface area contributed by atoms with Crippen molar-refractivity contribution in [3.8, 4) is 10.4 Å². The first kappa shape index (κ1) is 23.8. The summed E-state index contributed by atoms with van der Waals surface area (Å²) in [5.41, 5.74) is 7.60. The summed E-state index contributed by atoms with van der Waals surface area (Å²) in [7, 11) is 0. The van der Waals surface area contributed by atoms with Gasteiger partial charge in [-0.25, -0.2) is 9.37 Å². The summed E-state index contributed by atoms with van der Waals surface area (Å²) in [5, 5.41) is 25.6. The maximum absolute atomic E-state index is 14.7. The number of pyridine rings is 1. The number of aromatic nitrogens is 1. The SMILES string of the molecule is CC(O)Cc1ccc(-c2cc(C(N)=O)c(Nc3cccc(CNC[C@H](C)O)n3)s2)c(F)c1. The Morgan fingerprint density at radius 2 is 1.97 bits per heavy atom. The van der Waals surface area contributed by atoms with E-state index in [4.69, 9.17) is 5.73 Å². The van der Waals surface area contributed by atoms with E-state index in [1.165, 1.54) is 17.4 Å². The minimum atomic E-state index is -0.629. The Balaban J connectivity index is 1.84. The standard InChI is InChI=1S/C23H27FN4O3S/c1-13(29)8-15-6-7-17(19(24)9-15)20-10-18(22(25)31)23(32-20)28-21-5-3-4-16(27-21)12-26-11-14(2)30/h3-7,9-10,13-14,26,29-30H,8,11-12H2,1-2H3,(H2,25,31)(H,27,28)/t13?,14-/m0/s1. The van der Waals surface area contributed by atoms with Gasteiger partial charge >= 0.3 is 0 Å². The molecular weight excluding hydrogens is 431 g/mol. The second-order valence-corrected chi connectivity index (χ2v) is 8.76. The van der Waals surface area contributed by atoms with E-state index in [9.17, 15) is 19.4 Å². The second kappa shape index (κ2) is 10.6. The van der Waals surface area contributed by atoms with E-state index in [-0.39, 0.29) is 5.56 Å². The predicted molar refractivity (Wildman–Crippen MR) is 125 cm³/mol. The number of primary amides is 1. The van der Waals surface area contributed by atoms with Crippen molar-refractivity contribution in [1.82, 2.24) is 10.3 Å². The number of amides is 1. The number of rotatable bonds is 10. The molecule has 0 saturated carbocycles. The Kier molecular flexibility index (Phi) is 7.92. The Hall–Kier alpha value is -2.85. The number of anilines is 2. The van der Waals surface area contributed by atoms with Gasteiger partial charge in [-0.05, 0) is 50.1 Å². The number of carbonyl (C=O) groups excluding carboxylic acids is 1. The van der Waals surface area contributed by atoms with Crippen LogP contribution in [0.3, 0.4) is 0 Å². The molecule has 0 fully saturated rings. The highest BCUT2D eigenvalue weighted by Gasteiger charge is 2.18. The van der Waals surface area contributed by atoms with Gasteiger partial charge in [0.25, 0.3) is 5.91 Å². The highest BCUT2D eigenvalue weighted by atomic mass is 32.1. The lowest BCUT2D eigenvalue weighted by Crippen LogP contribution is -2.24. The quantitative estimate of drug-likeness (QED) is 0.318. The highest BCUT2D eigenvalue weighted by molar-refractivity contribution is 7.19. The molecule has 0 saturated heterocycles. The third kappa shape index (κ3) is 6.33. The second-order valence-electron chi connectivity index (χ2n) is 7.70. The fraction of sp³-hybridized carbons (Fsp3) is 0.304. The molecule has 1 aromatic carbocycles. The first-order valence-electron chi connectivity index (χ1n) is 10.2. The maximum atomic E-state index is 14.7. The molecule has 2 atom stereocenters. The molecule has 7 nitrogen and oxygen atoms in total. The summed E-state index contributed by atoms with van der Waals surface area (Å²) in [5.74, 6) is -0.544. The molecule has 0 radical (unpaired) electrons. The minimum Gasteiger partial charge on any atom is -0.393 e. The molecule has 170 valence electrons. The fourth-order valence-electron chi connectivity index (χ4n) is 3.20. The molecule has 3 aromatic rings. The van der Waals surface area contributed by atoms with Crippen molar-refractivity contribution >= 4 is 28.1 Å². The van der Waals surface area contributed by atoms with Crippen LogP contribution >= 0.6 is 11.3 Å². The van der Waals surface area contributed by atoms with Gasteiger partial charge in [0.05, 0.1) is 23.5 Å². The van der Waals surface area contributed by atoms with Crippen molar-refractivity contribution in [2.45, 2.75) is 39.0 Å². The van der Waals surface area contributed by atoms with Crippen LogP contribution in [0.5, 0.6) is 0 Å². The van der Waals surface area contributed by atoms with Crippen molar-refractivity contribution in [1.29, 1.82) is 0 Å². The zero-order valence-electron chi connectivity index (χ0n) is 17.9. The smallest absolute Gasteiger partial charge is 0.251 e. The van der Waals surface area contributed by atoms with Gasteiger partial charge in [0.15, 0.2) is 0 Å². The van der Waals surface area contributed by atoms with Crippen LogP contribution in [0.15, 0.2) is 42.5 Å². The van der Waals surface area contributed by atoms with E-state index in [0.29, 0.717) is 46.3 Å². The number of nitrogens with two attached hydrogens (primary N) is 1. The van der Waals surface area contributed by atoms with E-state index < -0.39 is 23.9 Å².